The zero-order valence-corrected chi connectivity index (χ0v) is 84.0. The van der Waals surface area contributed by atoms with Gasteiger partial charge in [-0.1, -0.05) is 70.2 Å². The third kappa shape index (κ3) is 20.3. The lowest BCUT2D eigenvalue weighted by molar-refractivity contribution is 0.224. The molecule has 0 spiro atoms. The Kier molecular flexibility index (Phi) is 28.0. The molecular weight excluding hydrogens is 1930 g/mol. The Hall–Kier alpha value is -12.8. The van der Waals surface area contributed by atoms with Gasteiger partial charge >= 0.3 is 30.2 Å². The number of urea groups is 5. The van der Waals surface area contributed by atoms with Crippen LogP contribution in [-0.2, 0) is 179 Å². The fraction of sp³-hybridized carbons (Fsp3) is 0.485. The summed E-state index contributed by atoms with van der Waals surface area (Å²) in [5.41, 5.74) is 25.2. The van der Waals surface area contributed by atoms with E-state index in [0.717, 1.165) is 271 Å². The number of nitrogens with one attached hydrogen (secondary N) is 10. The second-order valence-electron chi connectivity index (χ2n) is 38.4. The average Bonchev–Trinajstić information content (AvgIpc) is 1.62. The summed E-state index contributed by atoms with van der Waals surface area (Å²) in [6.45, 7) is 14.3. The third-order valence-corrected chi connectivity index (χ3v) is 34.8. The molecule has 142 heavy (non-hydrogen) atoms. The number of aryl methyl sites for hydroxylation is 11. The zero-order chi connectivity index (χ0) is 99.3. The van der Waals surface area contributed by atoms with Crippen LogP contribution in [0, 0.1) is 0 Å². The molecule has 5 aromatic heterocycles. The topological polar surface area (TPSA) is 512 Å². The van der Waals surface area contributed by atoms with Gasteiger partial charge in [0.25, 0.3) is 50.1 Å². The molecule has 0 saturated carbocycles. The Morgan fingerprint density at radius 3 is 0.859 bits per heavy atom. The average molecular weight is 2040 g/mol. The number of benzene rings is 5. The van der Waals surface area contributed by atoms with Crippen molar-refractivity contribution in [2.45, 2.75) is 296 Å². The van der Waals surface area contributed by atoms with Gasteiger partial charge in [-0.25, -0.2) is 113 Å². The van der Waals surface area contributed by atoms with Crippen molar-refractivity contribution in [2.75, 3.05) is 59.6 Å². The van der Waals surface area contributed by atoms with Gasteiger partial charge in [0.05, 0.1) is 63.4 Å². The fourth-order valence-corrected chi connectivity index (χ4v) is 26.5. The molecule has 0 bridgehead atoms. The molecular formula is C97H118N20O20S5. The van der Waals surface area contributed by atoms with E-state index in [1.54, 1.807) is 4.68 Å². The van der Waals surface area contributed by atoms with Gasteiger partial charge in [-0.15, -0.1) is 0 Å². The lowest BCUT2D eigenvalue weighted by atomic mass is 9.93. The van der Waals surface area contributed by atoms with Gasteiger partial charge in [-0.05, 0) is 305 Å². The van der Waals surface area contributed by atoms with Crippen molar-refractivity contribution in [1.82, 2.24) is 72.5 Å². The number of fused-ring (bicyclic) bond motifs is 13. The van der Waals surface area contributed by atoms with Gasteiger partial charge in [0.2, 0.25) is 29.4 Å². The molecule has 0 radical (unpaired) electrons. The third-order valence-electron chi connectivity index (χ3n) is 28.2. The molecule has 756 valence electrons. The predicted molar refractivity (Wildman–Crippen MR) is 524 cm³/mol. The number of rotatable bonds is 17. The van der Waals surface area contributed by atoms with Gasteiger partial charge in [0, 0.05) is 54.5 Å². The fourth-order valence-electron chi connectivity index (χ4n) is 21.6. The van der Waals surface area contributed by atoms with Crippen LogP contribution in [0.5, 0.6) is 29.4 Å². The number of sulfonamides is 5. The van der Waals surface area contributed by atoms with Crippen molar-refractivity contribution in [3.8, 4) is 29.4 Å². The van der Waals surface area contributed by atoms with E-state index in [2.05, 4.69) is 100.0 Å². The maximum atomic E-state index is 12.9. The van der Waals surface area contributed by atoms with E-state index >= 15 is 0 Å². The molecule has 1 unspecified atom stereocenters. The number of hydrogen-bond acceptors (Lipinski definition) is 25. The van der Waals surface area contributed by atoms with Crippen LogP contribution in [0.4, 0.5) is 52.4 Å². The Bertz CT molecular complexity index is 7150. The SMILES string of the molecule is CC(C)c1cccc(C(C)C)c1NC(=O)NS(=O)(=O)c1cnn2c1OCCC2.CC1COc2c(S(=O)(=O)NC(=O)Nc3c4c(cc5c3CCC5)CCC4)cnn21.O=C(Nc1c2c(cc3c1CCC3)CCC2)NS(=O)(=O)c1cnn2c1OCC2.O=C(Nc1c2c(cc3c1CCC3)CCC2)NS(=O)(=O)c1cnn2c1OCCCC2.O=C(Nc1c2c(cc3c1CCC3)CCC2)NS(=O)(=O)c1cnn2c1OCCCCC2. The summed E-state index contributed by atoms with van der Waals surface area (Å²) in [6.07, 6.45) is 35.3. The molecule has 1 atom stereocenters. The van der Waals surface area contributed by atoms with Crippen molar-refractivity contribution in [1.29, 1.82) is 0 Å². The largest absolute Gasteiger partial charge is 0.477 e. The second kappa shape index (κ2) is 40.6. The van der Waals surface area contributed by atoms with E-state index in [1.807, 2.05) is 52.8 Å². The van der Waals surface area contributed by atoms with E-state index < -0.39 is 80.3 Å². The number of nitrogens with zero attached hydrogens (tertiary/aromatic N) is 10. The highest BCUT2D eigenvalue weighted by molar-refractivity contribution is 7.91. The van der Waals surface area contributed by atoms with Crippen molar-refractivity contribution >= 4 is 109 Å². The van der Waals surface area contributed by atoms with Crippen LogP contribution in [0.15, 0.2) is 97.9 Å². The Morgan fingerprint density at radius 1 is 0.296 bits per heavy atom. The molecule has 10 amide bonds. The molecule has 0 saturated heterocycles. The van der Waals surface area contributed by atoms with Crippen molar-refractivity contribution in [3.63, 3.8) is 0 Å². The van der Waals surface area contributed by atoms with Crippen molar-refractivity contribution in [2.24, 2.45) is 0 Å². The quantitative estimate of drug-likeness (QED) is 0.0405. The number of carbonyl (C=O) groups excluding carboxylic acids is 5. The number of ether oxygens (including phenoxy) is 5. The van der Waals surface area contributed by atoms with Gasteiger partial charge < -0.3 is 50.3 Å². The van der Waals surface area contributed by atoms with Gasteiger partial charge in [0.15, 0.2) is 24.5 Å². The predicted octanol–water partition coefficient (Wildman–Crippen LogP) is 13.0. The van der Waals surface area contributed by atoms with E-state index in [0.29, 0.717) is 64.9 Å². The molecule has 0 fully saturated rings. The summed E-state index contributed by atoms with van der Waals surface area (Å²) in [4.78, 5) is 62.6. The van der Waals surface area contributed by atoms with E-state index in [1.165, 1.54) is 94.2 Å². The molecule has 8 aliphatic carbocycles. The Balaban J connectivity index is 0.000000113. The first-order valence-corrected chi connectivity index (χ1v) is 56.6. The minimum absolute atomic E-state index is 0.0396. The minimum Gasteiger partial charge on any atom is -0.477 e. The molecule has 10 heterocycles. The summed E-state index contributed by atoms with van der Waals surface area (Å²) in [7, 11) is -20.5. The number of anilines is 5. The molecule has 45 heteroatoms. The summed E-state index contributed by atoms with van der Waals surface area (Å²) in [5.74, 6) is 1.26. The standard InChI is InChI=1S/C21H26N4O4S.C20H24N4O4S.C19H22N4O4S.C19H26N4O4S.C18H20N4O4S/c26-21(23-19-16-8-4-6-14(16)12-15-7-5-9-17(15)19)24-30(27,28)18-13-22-25-10-2-1-3-11-29-20(18)25;25-20(22-18-15-7-3-5-13(15)11-14-6-4-8-16(14)18)23-29(26,27)17-12-21-24-9-1-2-10-28-19(17)24;1-11-10-27-18-16(9-20-23(11)18)28(25,26)22-19(24)21-17-14-6-2-4-12(14)8-13-5-3-7-15(13)17;1-12(2)14-7-5-8-15(13(3)4)17(14)21-19(24)22-28(25,26)16-11-20-23-9-6-10-27-18(16)23;23-18(21-27(24,25)15-10-19-22-7-8-26-17(15)22)20-16-13-5-1-3-11(13)9-12-4-2-6-14(12)16/h12-13H,1-11H2,(H2,23,24,26);11-12H,1-10H2,(H2,22,23,25);8-9,11H,2-7,10H2,1H3,(H2,21,22,24);5,7-8,11-13H,6,9-10H2,1-4H3,(H2,21,22,24);9-10H,1-8H2,(H2,20,21,23). The first-order chi connectivity index (χ1) is 68.2. The van der Waals surface area contributed by atoms with Crippen LogP contribution < -0.4 is 73.9 Å². The number of para-hydroxylation sites is 1. The highest BCUT2D eigenvalue weighted by Crippen LogP contribution is 2.46. The molecule has 40 nitrogen and oxygen atoms in total. The van der Waals surface area contributed by atoms with Gasteiger partial charge in [0.1, 0.15) is 13.2 Å². The van der Waals surface area contributed by atoms with E-state index in [4.69, 9.17) is 23.7 Å². The molecule has 10 aromatic rings. The van der Waals surface area contributed by atoms with Crippen molar-refractivity contribution in [3.05, 3.63) is 174 Å². The number of carbonyl (C=O) groups is 5. The van der Waals surface area contributed by atoms with Crippen LogP contribution in [0.3, 0.4) is 0 Å². The summed E-state index contributed by atoms with van der Waals surface area (Å²) < 4.78 is 173. The lowest BCUT2D eigenvalue weighted by Gasteiger charge is -2.20. The zero-order valence-electron chi connectivity index (χ0n) is 79.9. The second-order valence-corrected chi connectivity index (χ2v) is 46.7. The lowest BCUT2D eigenvalue weighted by Crippen LogP contribution is -2.35. The minimum atomic E-state index is -4.11. The summed E-state index contributed by atoms with van der Waals surface area (Å²) >= 11 is 0. The number of hydrogen-bond donors (Lipinski definition) is 10. The van der Waals surface area contributed by atoms with Crippen LogP contribution in [-0.4, -0.2) is 154 Å². The Labute approximate surface area is 824 Å². The Morgan fingerprint density at radius 2 is 0.549 bits per heavy atom. The highest BCUT2D eigenvalue weighted by atomic mass is 32.2. The summed E-state index contributed by atoms with van der Waals surface area (Å²) in [5, 5.41) is 34.5. The number of amides is 10. The van der Waals surface area contributed by atoms with Crippen LogP contribution >= 0.6 is 0 Å². The number of aromatic nitrogens is 10. The van der Waals surface area contributed by atoms with Crippen LogP contribution in [0.2, 0.25) is 0 Å². The monoisotopic (exact) mass is 2040 g/mol. The van der Waals surface area contributed by atoms with Gasteiger partial charge in [-0.3, -0.25) is 0 Å². The normalized spacial score (nSPS) is 17.3. The smallest absolute Gasteiger partial charge is 0.333 e. The molecule has 13 aliphatic rings. The van der Waals surface area contributed by atoms with E-state index in [9.17, 15) is 66.1 Å². The van der Waals surface area contributed by atoms with E-state index in [-0.39, 0.29) is 71.8 Å². The van der Waals surface area contributed by atoms with Gasteiger partial charge in [-0.2, -0.15) is 25.5 Å². The molecule has 5 aromatic carbocycles. The molecule has 5 aliphatic heterocycles. The van der Waals surface area contributed by atoms with Crippen LogP contribution in [0.1, 0.15) is 243 Å². The molecule has 10 N–H and O–H groups in total. The van der Waals surface area contributed by atoms with Crippen molar-refractivity contribution < 1.29 is 89.7 Å². The molecule has 23 rings (SSSR count). The maximum Gasteiger partial charge on any atom is 0.333 e. The van der Waals surface area contributed by atoms with Crippen LogP contribution in [0.25, 0.3) is 0 Å². The first kappa shape index (κ1) is 98.0. The summed E-state index contributed by atoms with van der Waals surface area (Å²) in [6, 6.07) is 11.0. The maximum absolute atomic E-state index is 12.9. The highest BCUT2D eigenvalue weighted by Gasteiger charge is 2.40. The first-order valence-electron chi connectivity index (χ1n) is 49.2.